The fraction of sp³-hybridized carbons (Fsp3) is 0.133. The van der Waals surface area contributed by atoms with Gasteiger partial charge in [-0.3, -0.25) is 0 Å². The highest BCUT2D eigenvalue weighted by Gasteiger charge is 2.11. The van der Waals surface area contributed by atoms with Crippen molar-refractivity contribution in [1.82, 2.24) is 0 Å². The maximum atomic E-state index is 4.90. The van der Waals surface area contributed by atoms with Crippen LogP contribution in [-0.4, -0.2) is 26.2 Å². The summed E-state index contributed by atoms with van der Waals surface area (Å²) in [5.74, 6) is 0. The molecule has 2 aliphatic rings. The second-order valence-corrected chi connectivity index (χ2v) is 8.40. The molecular weight excluding hydrogens is 444 g/mol. The van der Waals surface area contributed by atoms with E-state index in [0.29, 0.717) is 26.2 Å². The van der Waals surface area contributed by atoms with Crippen molar-refractivity contribution in [2.45, 2.75) is 0 Å². The van der Waals surface area contributed by atoms with Crippen LogP contribution in [-0.2, 0) is 0 Å². The van der Waals surface area contributed by atoms with Gasteiger partial charge in [-0.05, 0) is 58.0 Å². The van der Waals surface area contributed by atoms with E-state index in [0.717, 1.165) is 22.7 Å². The van der Waals surface area contributed by atoms with Crippen LogP contribution >= 0.6 is 0 Å². The number of benzene rings is 4. The van der Waals surface area contributed by atoms with Gasteiger partial charge in [-0.15, -0.1) is 0 Å². The zero-order valence-corrected chi connectivity index (χ0v) is 20.4. The smallest absolute Gasteiger partial charge is 0.0464 e. The summed E-state index contributed by atoms with van der Waals surface area (Å²) in [5.41, 5.74) is 26.7. The molecule has 0 amide bonds. The average Bonchev–Trinajstić information content (AvgIpc) is 2.94. The predicted octanol–water partition coefficient (Wildman–Crippen LogP) is 2.55. The highest BCUT2D eigenvalue weighted by atomic mass is 14.9. The number of nitrogens with two attached hydrogens (primary N) is 4. The van der Waals surface area contributed by atoms with Crippen LogP contribution in [0.4, 0.5) is 22.7 Å². The van der Waals surface area contributed by atoms with Gasteiger partial charge in [0.1, 0.15) is 0 Å². The number of anilines is 4. The minimum Gasteiger partial charge on any atom is -0.355 e. The first kappa shape index (κ1) is 25.2. The van der Waals surface area contributed by atoms with Gasteiger partial charge in [0.05, 0.1) is 0 Å². The summed E-state index contributed by atoms with van der Waals surface area (Å²) in [5, 5.41) is 12.1. The third kappa shape index (κ3) is 5.48. The van der Waals surface area contributed by atoms with Crippen molar-refractivity contribution in [3.8, 4) is 0 Å². The quantitative estimate of drug-likeness (QED) is 0.227. The van der Waals surface area contributed by atoms with Gasteiger partial charge in [0.25, 0.3) is 0 Å². The van der Waals surface area contributed by atoms with Gasteiger partial charge >= 0.3 is 0 Å². The van der Waals surface area contributed by atoms with Crippen molar-refractivity contribution >= 4 is 34.9 Å². The molecule has 36 heavy (non-hydrogen) atoms. The standard InChI is InChI=1S/C26H18N2.2C2H8N2/c1-3-11-23-17(7-1)15-21-19(9-5-13-25(21)27-23)20-10-6-14-26-22(20)16-18-8-2-4-12-24(18)28-26;2*3-1-2-4/h1-16,27-28H;2*1-4H2. The second kappa shape index (κ2) is 12.2. The lowest BCUT2D eigenvalue weighted by Crippen LogP contribution is -2.20. The Morgan fingerprint density at radius 3 is 1.17 bits per heavy atom. The Balaban J connectivity index is 0.000000336. The number of rotatable bonds is 2. The van der Waals surface area contributed by atoms with Crippen molar-refractivity contribution in [1.29, 1.82) is 0 Å². The zero-order chi connectivity index (χ0) is 25.3. The van der Waals surface area contributed by atoms with Crippen LogP contribution in [0.15, 0.2) is 84.9 Å². The van der Waals surface area contributed by atoms with E-state index in [1.165, 1.54) is 32.0 Å². The molecule has 184 valence electrons. The highest BCUT2D eigenvalue weighted by molar-refractivity contribution is 5.80. The molecule has 0 saturated carbocycles. The predicted molar refractivity (Wildman–Crippen MR) is 153 cm³/mol. The topological polar surface area (TPSA) is 128 Å². The average molecular weight is 479 g/mol. The summed E-state index contributed by atoms with van der Waals surface area (Å²) < 4.78 is 0. The molecule has 2 aliphatic heterocycles. The van der Waals surface area contributed by atoms with E-state index in [1.807, 2.05) is 0 Å². The van der Waals surface area contributed by atoms with Crippen LogP contribution in [0.2, 0.25) is 0 Å². The minimum atomic E-state index is 0.597. The Labute approximate surface area is 211 Å². The Morgan fingerprint density at radius 2 is 0.778 bits per heavy atom. The Hall–Kier alpha value is -3.94. The maximum absolute atomic E-state index is 4.90. The molecule has 4 aromatic carbocycles. The third-order valence-corrected chi connectivity index (χ3v) is 5.90. The summed E-state index contributed by atoms with van der Waals surface area (Å²) in [6.45, 7) is 2.39. The molecule has 6 rings (SSSR count). The van der Waals surface area contributed by atoms with Crippen molar-refractivity contribution < 1.29 is 0 Å². The van der Waals surface area contributed by atoms with Crippen molar-refractivity contribution in [3.05, 3.63) is 117 Å². The maximum Gasteiger partial charge on any atom is 0.0464 e. The number of fused-ring (bicyclic) bond motifs is 4. The molecule has 10 N–H and O–H groups in total. The van der Waals surface area contributed by atoms with E-state index >= 15 is 0 Å². The van der Waals surface area contributed by atoms with Crippen LogP contribution in [0.25, 0.3) is 12.2 Å². The largest absolute Gasteiger partial charge is 0.355 e. The molecule has 0 aliphatic carbocycles. The molecular formula is C30H34N6. The third-order valence-electron chi connectivity index (χ3n) is 5.90. The Morgan fingerprint density at radius 1 is 0.417 bits per heavy atom. The normalized spacial score (nSPS) is 12.6. The van der Waals surface area contributed by atoms with Crippen LogP contribution in [0, 0.1) is 10.4 Å². The summed E-state index contributed by atoms with van der Waals surface area (Å²) in [7, 11) is 0. The van der Waals surface area contributed by atoms with Gasteiger partial charge in [-0.1, -0.05) is 60.7 Å². The molecule has 2 heterocycles. The van der Waals surface area contributed by atoms with E-state index < -0.39 is 0 Å². The number of nitrogens with one attached hydrogen (secondary N) is 2. The first-order valence-corrected chi connectivity index (χ1v) is 12.2. The fourth-order valence-corrected chi connectivity index (χ4v) is 4.20. The van der Waals surface area contributed by atoms with Gasteiger partial charge in [0.2, 0.25) is 0 Å². The van der Waals surface area contributed by atoms with Crippen LogP contribution in [0.3, 0.4) is 0 Å². The van der Waals surface area contributed by atoms with Crippen molar-refractivity contribution in [2.24, 2.45) is 22.9 Å². The summed E-state index contributed by atoms with van der Waals surface area (Å²) in [6.07, 6.45) is 4.58. The first-order valence-electron chi connectivity index (χ1n) is 12.2. The SMILES string of the molecule is C1=c2c(cccc2=c2cccc3c2=Cc2ccccc2N3)Nc2ccccc21.NCCN.NCCN. The summed E-state index contributed by atoms with van der Waals surface area (Å²) in [6, 6.07) is 29.9. The molecule has 0 unspecified atom stereocenters. The molecule has 6 nitrogen and oxygen atoms in total. The fourth-order valence-electron chi connectivity index (χ4n) is 4.20. The van der Waals surface area contributed by atoms with Gasteiger partial charge in [0.15, 0.2) is 0 Å². The second-order valence-electron chi connectivity index (χ2n) is 8.40. The van der Waals surface area contributed by atoms with Gasteiger partial charge in [-0.25, -0.2) is 0 Å². The lowest BCUT2D eigenvalue weighted by molar-refractivity contribution is 0.976. The molecule has 0 saturated heterocycles. The van der Waals surface area contributed by atoms with Crippen LogP contribution in [0.5, 0.6) is 0 Å². The van der Waals surface area contributed by atoms with Crippen molar-refractivity contribution in [3.63, 3.8) is 0 Å². The summed E-state index contributed by atoms with van der Waals surface area (Å²) in [4.78, 5) is 0. The van der Waals surface area contributed by atoms with Gasteiger partial charge < -0.3 is 33.6 Å². The first-order chi connectivity index (χ1) is 17.7. The molecule has 0 radical (unpaired) electrons. The molecule has 0 atom stereocenters. The van der Waals surface area contributed by atoms with Crippen molar-refractivity contribution in [2.75, 3.05) is 36.8 Å². The Kier molecular flexibility index (Phi) is 8.49. The minimum absolute atomic E-state index is 0.597. The lowest BCUT2D eigenvalue weighted by Gasteiger charge is -2.17. The number of para-hydroxylation sites is 2. The van der Waals surface area contributed by atoms with Crippen LogP contribution in [0.1, 0.15) is 11.1 Å². The molecule has 6 heteroatoms. The monoisotopic (exact) mass is 478 g/mol. The lowest BCUT2D eigenvalue weighted by atomic mass is 10.0. The summed E-state index contributed by atoms with van der Waals surface area (Å²) >= 11 is 0. The molecule has 0 spiro atoms. The van der Waals surface area contributed by atoms with Gasteiger partial charge in [-0.2, -0.15) is 0 Å². The van der Waals surface area contributed by atoms with Gasteiger partial charge in [0, 0.05) is 59.4 Å². The highest BCUT2D eigenvalue weighted by Crippen LogP contribution is 2.25. The van der Waals surface area contributed by atoms with E-state index in [2.05, 4.69) is 108 Å². The van der Waals surface area contributed by atoms with E-state index in [4.69, 9.17) is 22.9 Å². The zero-order valence-electron chi connectivity index (χ0n) is 20.4. The Bertz CT molecular complexity index is 1420. The molecule has 4 aromatic rings. The molecule has 0 bridgehead atoms. The van der Waals surface area contributed by atoms with E-state index in [1.54, 1.807) is 0 Å². The number of hydrogen-bond donors (Lipinski definition) is 6. The van der Waals surface area contributed by atoms with Crippen LogP contribution < -0.4 is 44.0 Å². The molecule has 0 aromatic heterocycles. The molecule has 0 fully saturated rings. The van der Waals surface area contributed by atoms with E-state index in [9.17, 15) is 0 Å². The number of hydrogen-bond acceptors (Lipinski definition) is 6. The van der Waals surface area contributed by atoms with E-state index in [-0.39, 0.29) is 0 Å².